The molecule has 5 heteroatoms. The molecule has 0 aromatic heterocycles. The molecule has 0 atom stereocenters. The molecule has 2 nitrogen and oxygen atoms in total. The molecule has 0 spiro atoms. The Kier molecular flexibility index (Phi) is 4.43. The Morgan fingerprint density at radius 1 is 1.29 bits per heavy atom. The van der Waals surface area contributed by atoms with Crippen LogP contribution in [0.4, 0.5) is 18.9 Å². The lowest BCUT2D eigenvalue weighted by molar-refractivity contribution is -0.127. The highest BCUT2D eigenvalue weighted by Gasteiger charge is 2.28. The molecule has 2 N–H and O–H groups in total. The summed E-state index contributed by atoms with van der Waals surface area (Å²) in [6.07, 6.45) is -2.55. The lowest BCUT2D eigenvalue weighted by Crippen LogP contribution is -2.13. The van der Waals surface area contributed by atoms with Crippen LogP contribution in [0.1, 0.15) is 18.1 Å². The second-order valence-electron chi connectivity index (χ2n) is 3.59. The van der Waals surface area contributed by atoms with Crippen LogP contribution in [0.15, 0.2) is 30.7 Å². The number of nitrogens with one attached hydrogen (secondary N) is 1. The minimum atomic E-state index is -4.21. The number of aliphatic hydroxyl groups excluding tert-OH is 1. The van der Waals surface area contributed by atoms with Crippen LogP contribution < -0.4 is 5.32 Å². The first kappa shape index (κ1) is 13.4. The van der Waals surface area contributed by atoms with Crippen molar-refractivity contribution < 1.29 is 18.3 Å². The van der Waals surface area contributed by atoms with Crippen LogP contribution in [0.3, 0.4) is 0 Å². The predicted molar refractivity (Wildman–Crippen MR) is 61.0 cm³/mol. The second-order valence-corrected chi connectivity index (χ2v) is 3.59. The van der Waals surface area contributed by atoms with Crippen molar-refractivity contribution in [3.63, 3.8) is 0 Å². The normalized spacial score (nSPS) is 12.0. The predicted octanol–water partition coefficient (Wildman–Crippen LogP) is 3.79. The van der Waals surface area contributed by atoms with E-state index in [1.165, 1.54) is 12.3 Å². The molecule has 17 heavy (non-hydrogen) atoms. The van der Waals surface area contributed by atoms with Crippen LogP contribution in [0.2, 0.25) is 0 Å². The number of anilines is 1. The first-order chi connectivity index (χ1) is 7.96. The first-order valence-electron chi connectivity index (χ1n) is 5.20. The molecule has 0 saturated carbocycles. The van der Waals surface area contributed by atoms with E-state index >= 15 is 0 Å². The quantitative estimate of drug-likeness (QED) is 0.791. The van der Waals surface area contributed by atoms with Gasteiger partial charge in [-0.3, -0.25) is 0 Å². The van der Waals surface area contributed by atoms with E-state index in [1.807, 2.05) is 6.92 Å². The summed E-state index contributed by atoms with van der Waals surface area (Å²) in [5.41, 5.74) is 1.46. The maximum Gasteiger partial charge on any atom is 0.393 e. The Morgan fingerprint density at radius 3 is 2.53 bits per heavy atom. The van der Waals surface area contributed by atoms with Gasteiger partial charge in [0.15, 0.2) is 0 Å². The van der Waals surface area contributed by atoms with E-state index in [9.17, 15) is 13.2 Å². The molecule has 0 aliphatic heterocycles. The largest absolute Gasteiger partial charge is 0.514 e. The fraction of sp³-hybridized carbons (Fsp3) is 0.333. The minimum Gasteiger partial charge on any atom is -0.514 e. The number of hydrogen-bond donors (Lipinski definition) is 2. The third-order valence-electron chi connectivity index (χ3n) is 2.30. The molecular formula is C12H14F3NO. The van der Waals surface area contributed by atoms with E-state index in [-0.39, 0.29) is 5.56 Å². The van der Waals surface area contributed by atoms with E-state index in [1.54, 1.807) is 12.1 Å². The molecule has 0 aliphatic carbocycles. The Bertz CT molecular complexity index is 399. The molecule has 0 aliphatic rings. The highest BCUT2D eigenvalue weighted by atomic mass is 19.4. The molecule has 0 heterocycles. The number of benzene rings is 1. The lowest BCUT2D eigenvalue weighted by Gasteiger charge is -2.12. The van der Waals surface area contributed by atoms with Gasteiger partial charge in [-0.1, -0.05) is 13.0 Å². The van der Waals surface area contributed by atoms with Gasteiger partial charge in [0.05, 0.1) is 12.7 Å². The van der Waals surface area contributed by atoms with Gasteiger partial charge in [0, 0.05) is 11.9 Å². The number of aliphatic hydroxyl groups is 1. The van der Waals surface area contributed by atoms with Crippen molar-refractivity contribution in [1.82, 2.24) is 0 Å². The van der Waals surface area contributed by atoms with Crippen molar-refractivity contribution in [3.05, 3.63) is 41.8 Å². The number of aryl methyl sites for hydroxylation is 1. The molecule has 0 amide bonds. The van der Waals surface area contributed by atoms with Gasteiger partial charge in [-0.05, 0) is 29.7 Å². The molecule has 94 valence electrons. The van der Waals surface area contributed by atoms with Crippen molar-refractivity contribution in [2.45, 2.75) is 25.9 Å². The van der Waals surface area contributed by atoms with Gasteiger partial charge in [-0.25, -0.2) is 0 Å². The molecule has 0 saturated heterocycles. The van der Waals surface area contributed by atoms with Gasteiger partial charge in [0.1, 0.15) is 0 Å². The van der Waals surface area contributed by atoms with Gasteiger partial charge in [-0.2, -0.15) is 13.2 Å². The number of alkyl halides is 3. The van der Waals surface area contributed by atoms with Gasteiger partial charge < -0.3 is 10.4 Å². The summed E-state index contributed by atoms with van der Waals surface area (Å²) in [4.78, 5) is 0. The summed E-state index contributed by atoms with van der Waals surface area (Å²) < 4.78 is 37.1. The molecule has 0 fully saturated rings. The minimum absolute atomic E-state index is 0.260. The third kappa shape index (κ3) is 4.38. The summed E-state index contributed by atoms with van der Waals surface area (Å²) >= 11 is 0. The summed E-state index contributed by atoms with van der Waals surface area (Å²) in [6.45, 7) is 1.82. The molecule has 1 aromatic rings. The summed E-state index contributed by atoms with van der Waals surface area (Å²) in [5.74, 6) is 0. The van der Waals surface area contributed by atoms with Crippen molar-refractivity contribution in [1.29, 1.82) is 0 Å². The van der Waals surface area contributed by atoms with Crippen molar-refractivity contribution in [3.8, 4) is 0 Å². The van der Waals surface area contributed by atoms with Crippen LogP contribution in [-0.4, -0.2) is 11.3 Å². The average molecular weight is 245 g/mol. The molecular weight excluding hydrogens is 231 g/mol. The zero-order valence-electron chi connectivity index (χ0n) is 9.38. The first-order valence-corrected chi connectivity index (χ1v) is 5.20. The van der Waals surface area contributed by atoms with E-state index in [0.717, 1.165) is 6.26 Å². The van der Waals surface area contributed by atoms with Gasteiger partial charge in [0.2, 0.25) is 0 Å². The lowest BCUT2D eigenvalue weighted by atomic mass is 10.0. The summed E-state index contributed by atoms with van der Waals surface area (Å²) in [5, 5.41) is 11.1. The Hall–Kier alpha value is -1.65. The van der Waals surface area contributed by atoms with E-state index in [0.29, 0.717) is 17.7 Å². The second kappa shape index (κ2) is 5.61. The molecule has 0 unspecified atom stereocenters. The van der Waals surface area contributed by atoms with Crippen LogP contribution in [-0.2, 0) is 12.8 Å². The SMILES string of the molecule is CCc1ccc(N/C=C\O)cc1CC(F)(F)F. The van der Waals surface area contributed by atoms with Crippen LogP contribution >= 0.6 is 0 Å². The Balaban J connectivity index is 2.98. The molecule has 0 radical (unpaired) electrons. The van der Waals surface area contributed by atoms with E-state index in [2.05, 4.69) is 5.32 Å². The maximum atomic E-state index is 12.4. The highest BCUT2D eigenvalue weighted by Crippen LogP contribution is 2.26. The average Bonchev–Trinajstić information content (AvgIpc) is 2.24. The maximum absolute atomic E-state index is 12.4. The number of halogens is 3. The number of hydrogen-bond acceptors (Lipinski definition) is 2. The van der Waals surface area contributed by atoms with Crippen LogP contribution in [0, 0.1) is 0 Å². The van der Waals surface area contributed by atoms with Gasteiger partial charge in [-0.15, -0.1) is 0 Å². The molecule has 1 aromatic carbocycles. The van der Waals surface area contributed by atoms with Crippen molar-refractivity contribution in [2.75, 3.05) is 5.32 Å². The van der Waals surface area contributed by atoms with E-state index < -0.39 is 12.6 Å². The van der Waals surface area contributed by atoms with Crippen molar-refractivity contribution >= 4 is 5.69 Å². The standard InChI is InChI=1S/C12H14F3NO/c1-2-9-3-4-11(16-5-6-17)7-10(9)8-12(13,14)15/h3-7,16-17H,2,8H2,1H3/b6-5-. The smallest absolute Gasteiger partial charge is 0.393 e. The van der Waals surface area contributed by atoms with Crippen LogP contribution in [0.5, 0.6) is 0 Å². The molecule has 1 rings (SSSR count). The number of rotatable bonds is 4. The van der Waals surface area contributed by atoms with E-state index in [4.69, 9.17) is 5.11 Å². The summed E-state index contributed by atoms with van der Waals surface area (Å²) in [7, 11) is 0. The Morgan fingerprint density at radius 2 is 2.00 bits per heavy atom. The van der Waals surface area contributed by atoms with Crippen molar-refractivity contribution in [2.24, 2.45) is 0 Å². The summed E-state index contributed by atoms with van der Waals surface area (Å²) in [6, 6.07) is 4.79. The Labute approximate surface area is 97.8 Å². The highest BCUT2D eigenvalue weighted by molar-refractivity contribution is 5.50. The third-order valence-corrected chi connectivity index (χ3v) is 2.30. The van der Waals surface area contributed by atoms with Gasteiger partial charge in [0.25, 0.3) is 0 Å². The fourth-order valence-corrected chi connectivity index (χ4v) is 1.57. The monoisotopic (exact) mass is 245 g/mol. The fourth-order valence-electron chi connectivity index (χ4n) is 1.57. The van der Waals surface area contributed by atoms with Crippen LogP contribution in [0.25, 0.3) is 0 Å². The topological polar surface area (TPSA) is 32.3 Å². The zero-order chi connectivity index (χ0) is 12.9. The zero-order valence-corrected chi connectivity index (χ0v) is 9.38. The molecule has 0 bridgehead atoms. The van der Waals surface area contributed by atoms with Gasteiger partial charge >= 0.3 is 6.18 Å².